The summed E-state index contributed by atoms with van der Waals surface area (Å²) in [6, 6.07) is -0.370. The minimum Gasteiger partial charge on any atom is -0.481 e. The minimum absolute atomic E-state index is 0.0592. The smallest absolute Gasteiger partial charge is 0.306 e. The highest BCUT2D eigenvalue weighted by atomic mass is 32.2. The van der Waals surface area contributed by atoms with E-state index in [0.29, 0.717) is 36.8 Å². The van der Waals surface area contributed by atoms with E-state index in [2.05, 4.69) is 5.32 Å². The van der Waals surface area contributed by atoms with E-state index < -0.39 is 17.9 Å². The van der Waals surface area contributed by atoms with Crippen molar-refractivity contribution in [1.29, 1.82) is 0 Å². The third kappa shape index (κ3) is 4.19. The third-order valence-electron chi connectivity index (χ3n) is 4.97. The van der Waals surface area contributed by atoms with Crippen LogP contribution in [0.1, 0.15) is 40.0 Å². The largest absolute Gasteiger partial charge is 0.481 e. The zero-order chi connectivity index (χ0) is 17.1. The lowest BCUT2D eigenvalue weighted by molar-refractivity contribution is -0.143. The molecule has 2 amide bonds. The first kappa shape index (κ1) is 18.1. The lowest BCUT2D eigenvalue weighted by atomic mass is 10.0. The molecule has 2 rings (SSSR count). The van der Waals surface area contributed by atoms with Crippen molar-refractivity contribution in [3.63, 3.8) is 0 Å². The van der Waals surface area contributed by atoms with Gasteiger partial charge < -0.3 is 15.3 Å². The van der Waals surface area contributed by atoms with E-state index in [1.165, 1.54) is 0 Å². The number of carboxylic acid groups (broad SMARTS) is 1. The van der Waals surface area contributed by atoms with Crippen LogP contribution in [0.15, 0.2) is 0 Å². The molecule has 6 nitrogen and oxygen atoms in total. The van der Waals surface area contributed by atoms with Gasteiger partial charge in [-0.2, -0.15) is 0 Å². The highest BCUT2D eigenvalue weighted by molar-refractivity contribution is 7.99. The molecule has 2 unspecified atom stereocenters. The van der Waals surface area contributed by atoms with Gasteiger partial charge in [-0.25, -0.2) is 0 Å². The molecule has 1 aliphatic carbocycles. The summed E-state index contributed by atoms with van der Waals surface area (Å²) in [5, 5.41) is 12.1. The number of aliphatic carboxylic acids is 1. The van der Waals surface area contributed by atoms with Gasteiger partial charge in [0.15, 0.2) is 0 Å². The number of hydrogen-bond acceptors (Lipinski definition) is 4. The SMILES string of the molecule is CC(C)C(C)NC(=O)C1CSCN1C(=O)[C@@H]1CC[C@H](C(=O)O)C1. The second-order valence-corrected chi connectivity index (χ2v) is 7.91. The molecule has 0 bridgehead atoms. The number of nitrogens with zero attached hydrogens (tertiary/aromatic N) is 1. The molecule has 0 aromatic heterocycles. The van der Waals surface area contributed by atoms with E-state index in [9.17, 15) is 14.4 Å². The van der Waals surface area contributed by atoms with Crippen LogP contribution in [0, 0.1) is 17.8 Å². The third-order valence-corrected chi connectivity index (χ3v) is 5.98. The Morgan fingerprint density at radius 2 is 1.83 bits per heavy atom. The molecule has 1 saturated carbocycles. The van der Waals surface area contributed by atoms with Crippen LogP contribution in [0.3, 0.4) is 0 Å². The monoisotopic (exact) mass is 342 g/mol. The molecule has 0 aromatic carbocycles. The summed E-state index contributed by atoms with van der Waals surface area (Å²) in [6.07, 6.45) is 1.55. The molecule has 2 fully saturated rings. The topological polar surface area (TPSA) is 86.7 Å². The van der Waals surface area contributed by atoms with Crippen molar-refractivity contribution in [3.05, 3.63) is 0 Å². The van der Waals surface area contributed by atoms with Gasteiger partial charge in [0.1, 0.15) is 6.04 Å². The Bertz CT molecular complexity index is 483. The predicted molar refractivity (Wildman–Crippen MR) is 88.9 cm³/mol. The maximum Gasteiger partial charge on any atom is 0.306 e. The number of carboxylic acids is 1. The summed E-state index contributed by atoms with van der Waals surface area (Å²) >= 11 is 1.58. The summed E-state index contributed by atoms with van der Waals surface area (Å²) in [4.78, 5) is 37.8. The van der Waals surface area contributed by atoms with E-state index in [4.69, 9.17) is 5.11 Å². The van der Waals surface area contributed by atoms with Crippen molar-refractivity contribution in [2.24, 2.45) is 17.8 Å². The van der Waals surface area contributed by atoms with Crippen molar-refractivity contribution in [2.45, 2.75) is 52.1 Å². The van der Waals surface area contributed by atoms with Gasteiger partial charge in [-0.1, -0.05) is 13.8 Å². The number of rotatable bonds is 5. The van der Waals surface area contributed by atoms with Gasteiger partial charge in [-0.15, -0.1) is 11.8 Å². The summed E-state index contributed by atoms with van der Waals surface area (Å²) in [5.41, 5.74) is 0. The highest BCUT2D eigenvalue weighted by Crippen LogP contribution is 2.34. The van der Waals surface area contributed by atoms with Crippen LogP contribution < -0.4 is 5.32 Å². The zero-order valence-corrected chi connectivity index (χ0v) is 14.8. The maximum atomic E-state index is 12.7. The number of thioether (sulfide) groups is 1. The maximum absolute atomic E-state index is 12.7. The summed E-state index contributed by atoms with van der Waals surface area (Å²) in [5.74, 6) is -0.202. The van der Waals surface area contributed by atoms with E-state index >= 15 is 0 Å². The summed E-state index contributed by atoms with van der Waals surface area (Å²) < 4.78 is 0. The van der Waals surface area contributed by atoms with Crippen molar-refractivity contribution < 1.29 is 19.5 Å². The molecule has 1 aliphatic heterocycles. The highest BCUT2D eigenvalue weighted by Gasteiger charge is 2.41. The first-order chi connectivity index (χ1) is 10.8. The molecular weight excluding hydrogens is 316 g/mol. The Morgan fingerprint density at radius 3 is 2.39 bits per heavy atom. The van der Waals surface area contributed by atoms with Crippen LogP contribution in [0.5, 0.6) is 0 Å². The second-order valence-electron chi connectivity index (χ2n) is 6.91. The Labute approximate surface area is 141 Å². The van der Waals surface area contributed by atoms with Gasteiger partial charge in [-0.05, 0) is 32.1 Å². The van der Waals surface area contributed by atoms with Crippen molar-refractivity contribution in [1.82, 2.24) is 10.2 Å². The molecule has 1 saturated heterocycles. The molecule has 130 valence electrons. The lowest BCUT2D eigenvalue weighted by Crippen LogP contribution is -2.51. The lowest BCUT2D eigenvalue weighted by Gasteiger charge is -2.27. The van der Waals surface area contributed by atoms with Crippen LogP contribution >= 0.6 is 11.8 Å². The summed E-state index contributed by atoms with van der Waals surface area (Å²) in [7, 11) is 0. The zero-order valence-electron chi connectivity index (χ0n) is 13.9. The average Bonchev–Trinajstić information content (AvgIpc) is 3.15. The molecule has 0 spiro atoms. The fraction of sp³-hybridized carbons (Fsp3) is 0.812. The van der Waals surface area contributed by atoms with Crippen LogP contribution in [0.25, 0.3) is 0 Å². The van der Waals surface area contributed by atoms with Crippen molar-refractivity contribution >= 4 is 29.5 Å². The molecule has 1 heterocycles. The predicted octanol–water partition coefficient (Wildman–Crippen LogP) is 1.55. The van der Waals surface area contributed by atoms with Gasteiger partial charge in [0, 0.05) is 17.7 Å². The van der Waals surface area contributed by atoms with Gasteiger partial charge in [0.25, 0.3) is 0 Å². The molecule has 0 aromatic rings. The van der Waals surface area contributed by atoms with Crippen molar-refractivity contribution in [3.8, 4) is 0 Å². The quantitative estimate of drug-likeness (QED) is 0.791. The average molecular weight is 342 g/mol. The van der Waals surface area contributed by atoms with E-state index in [1.807, 2.05) is 20.8 Å². The van der Waals surface area contributed by atoms with Gasteiger partial charge >= 0.3 is 5.97 Å². The Kier molecular flexibility index (Phi) is 5.95. The number of carbonyl (C=O) groups is 3. The number of hydrogen-bond donors (Lipinski definition) is 2. The number of nitrogens with one attached hydrogen (secondary N) is 1. The minimum atomic E-state index is -0.823. The first-order valence-corrected chi connectivity index (χ1v) is 9.38. The van der Waals surface area contributed by atoms with Crippen LogP contribution in [0.4, 0.5) is 0 Å². The van der Waals surface area contributed by atoms with E-state index in [1.54, 1.807) is 16.7 Å². The standard InChI is InChI=1S/C16H26N2O4S/c1-9(2)10(3)17-14(19)13-7-23-8-18(13)15(20)11-4-5-12(6-11)16(21)22/h9-13H,4-8H2,1-3H3,(H,17,19)(H,21,22)/t10?,11-,12+,13?/m1/s1. The van der Waals surface area contributed by atoms with E-state index in [-0.39, 0.29) is 23.8 Å². The molecule has 4 atom stereocenters. The molecule has 2 aliphatic rings. The molecule has 23 heavy (non-hydrogen) atoms. The van der Waals surface area contributed by atoms with Crippen LogP contribution in [-0.2, 0) is 14.4 Å². The Balaban J connectivity index is 1.97. The normalized spacial score (nSPS) is 28.9. The van der Waals surface area contributed by atoms with E-state index in [0.717, 1.165) is 0 Å². The Hall–Kier alpha value is -1.24. The van der Waals surface area contributed by atoms with Crippen LogP contribution in [-0.4, -0.2) is 51.5 Å². The second kappa shape index (κ2) is 7.55. The molecule has 7 heteroatoms. The fourth-order valence-electron chi connectivity index (χ4n) is 3.03. The summed E-state index contributed by atoms with van der Waals surface area (Å²) in [6.45, 7) is 6.05. The van der Waals surface area contributed by atoms with Crippen LogP contribution in [0.2, 0.25) is 0 Å². The fourth-order valence-corrected chi connectivity index (χ4v) is 4.19. The van der Waals surface area contributed by atoms with Gasteiger partial charge in [-0.3, -0.25) is 14.4 Å². The number of amides is 2. The van der Waals surface area contributed by atoms with Gasteiger partial charge in [0.2, 0.25) is 11.8 Å². The Morgan fingerprint density at radius 1 is 1.17 bits per heavy atom. The van der Waals surface area contributed by atoms with Crippen molar-refractivity contribution in [2.75, 3.05) is 11.6 Å². The number of carbonyl (C=O) groups excluding carboxylic acids is 2. The molecule has 0 radical (unpaired) electrons. The first-order valence-electron chi connectivity index (χ1n) is 8.22. The molecular formula is C16H26N2O4S. The van der Waals surface area contributed by atoms with Gasteiger partial charge in [0.05, 0.1) is 11.8 Å². The molecule has 2 N–H and O–H groups in total.